The summed E-state index contributed by atoms with van der Waals surface area (Å²) in [6.07, 6.45) is 5.18. The Morgan fingerprint density at radius 3 is 2.76 bits per heavy atom. The van der Waals surface area contributed by atoms with Gasteiger partial charge in [-0.05, 0) is 18.5 Å². The number of nitrogens with one attached hydrogen (secondary N) is 1. The third-order valence-corrected chi connectivity index (χ3v) is 3.01. The maximum Gasteiger partial charge on any atom is 0.315 e. The van der Waals surface area contributed by atoms with Gasteiger partial charge < -0.3 is 10.1 Å². The van der Waals surface area contributed by atoms with Crippen LogP contribution in [0.1, 0.15) is 17.9 Å². The normalized spacial score (nSPS) is 20.9. The second-order valence-electron chi connectivity index (χ2n) is 4.11. The third-order valence-electron chi connectivity index (χ3n) is 3.01. The molecule has 17 heavy (non-hydrogen) atoms. The fourth-order valence-corrected chi connectivity index (χ4v) is 2.15. The van der Waals surface area contributed by atoms with Gasteiger partial charge in [0.25, 0.3) is 0 Å². The Kier molecular flexibility index (Phi) is 3.94. The molecule has 0 saturated carbocycles. The van der Waals surface area contributed by atoms with E-state index in [1.807, 2.05) is 30.3 Å². The molecule has 1 aliphatic rings. The van der Waals surface area contributed by atoms with E-state index in [9.17, 15) is 4.79 Å². The predicted molar refractivity (Wildman–Crippen MR) is 66.7 cm³/mol. The molecule has 2 atom stereocenters. The Morgan fingerprint density at radius 2 is 2.18 bits per heavy atom. The molecule has 1 heterocycles. The molecule has 3 heteroatoms. The van der Waals surface area contributed by atoms with Gasteiger partial charge in [0.15, 0.2) is 0 Å². The summed E-state index contributed by atoms with van der Waals surface area (Å²) in [5, 5.41) is 3.35. The molecule has 1 aliphatic heterocycles. The highest BCUT2D eigenvalue weighted by Gasteiger charge is 2.29. The Labute approximate surface area is 101 Å². The summed E-state index contributed by atoms with van der Waals surface area (Å²) in [5.74, 6) is -0.460. The van der Waals surface area contributed by atoms with Crippen LogP contribution in [-0.2, 0) is 9.53 Å². The summed E-state index contributed by atoms with van der Waals surface area (Å²) in [4.78, 5) is 11.9. The van der Waals surface area contributed by atoms with Gasteiger partial charge in [-0.2, -0.15) is 0 Å². The van der Waals surface area contributed by atoms with Crippen LogP contribution in [0.3, 0.4) is 0 Å². The monoisotopic (exact) mass is 231 g/mol. The molecule has 0 fully saturated rings. The Balaban J connectivity index is 2.28. The number of rotatable bonds is 3. The van der Waals surface area contributed by atoms with E-state index < -0.39 is 0 Å². The molecule has 0 amide bonds. The summed E-state index contributed by atoms with van der Waals surface area (Å²) >= 11 is 0. The van der Waals surface area contributed by atoms with Crippen LogP contribution in [0.25, 0.3) is 0 Å². The lowest BCUT2D eigenvalue weighted by Crippen LogP contribution is -2.39. The summed E-state index contributed by atoms with van der Waals surface area (Å²) in [6, 6.07) is 9.79. The number of hydrogen-bond donors (Lipinski definition) is 1. The minimum Gasteiger partial charge on any atom is -0.468 e. The van der Waals surface area contributed by atoms with Crippen LogP contribution >= 0.6 is 0 Å². The molecule has 1 aromatic rings. The Morgan fingerprint density at radius 1 is 1.41 bits per heavy atom. The summed E-state index contributed by atoms with van der Waals surface area (Å²) in [7, 11) is 1.44. The Hall–Kier alpha value is -1.61. The van der Waals surface area contributed by atoms with E-state index in [1.54, 1.807) is 0 Å². The van der Waals surface area contributed by atoms with E-state index in [-0.39, 0.29) is 17.9 Å². The molecule has 0 spiro atoms. The number of esters is 1. The van der Waals surface area contributed by atoms with Gasteiger partial charge in [-0.25, -0.2) is 0 Å². The zero-order valence-electron chi connectivity index (χ0n) is 9.93. The van der Waals surface area contributed by atoms with Crippen molar-refractivity contribution in [3.8, 4) is 0 Å². The van der Waals surface area contributed by atoms with Crippen molar-refractivity contribution >= 4 is 5.97 Å². The molecule has 0 aliphatic carbocycles. The molecule has 2 rings (SSSR count). The van der Waals surface area contributed by atoms with Gasteiger partial charge in [0, 0.05) is 6.04 Å². The van der Waals surface area contributed by atoms with Crippen molar-refractivity contribution in [3.63, 3.8) is 0 Å². The average molecular weight is 231 g/mol. The third kappa shape index (κ3) is 2.74. The zero-order valence-corrected chi connectivity index (χ0v) is 9.93. The molecule has 0 radical (unpaired) electrons. The first-order valence-corrected chi connectivity index (χ1v) is 5.86. The topological polar surface area (TPSA) is 38.3 Å². The molecule has 0 saturated heterocycles. The van der Waals surface area contributed by atoms with Crippen molar-refractivity contribution in [1.29, 1.82) is 0 Å². The molecule has 1 aromatic carbocycles. The second-order valence-corrected chi connectivity index (χ2v) is 4.11. The van der Waals surface area contributed by atoms with Gasteiger partial charge in [0.1, 0.15) is 5.92 Å². The molecule has 1 N–H and O–H groups in total. The van der Waals surface area contributed by atoms with Gasteiger partial charge in [-0.3, -0.25) is 4.79 Å². The van der Waals surface area contributed by atoms with Gasteiger partial charge in [0.05, 0.1) is 7.11 Å². The first-order chi connectivity index (χ1) is 8.33. The first-order valence-electron chi connectivity index (χ1n) is 5.86. The van der Waals surface area contributed by atoms with Crippen molar-refractivity contribution < 1.29 is 9.53 Å². The van der Waals surface area contributed by atoms with Crippen molar-refractivity contribution in [3.05, 3.63) is 48.0 Å². The smallest absolute Gasteiger partial charge is 0.315 e. The van der Waals surface area contributed by atoms with Crippen molar-refractivity contribution in [2.24, 2.45) is 0 Å². The maximum absolute atomic E-state index is 11.9. The second kappa shape index (κ2) is 5.64. The highest BCUT2D eigenvalue weighted by Crippen LogP contribution is 2.23. The summed E-state index contributed by atoms with van der Waals surface area (Å²) in [6.45, 7) is 0.904. The molecule has 0 aromatic heterocycles. The van der Waals surface area contributed by atoms with E-state index in [2.05, 4.69) is 17.5 Å². The van der Waals surface area contributed by atoms with Gasteiger partial charge >= 0.3 is 5.97 Å². The van der Waals surface area contributed by atoms with Crippen molar-refractivity contribution in [2.45, 2.75) is 18.4 Å². The molecular formula is C14H17NO2. The molecule has 90 valence electrons. The zero-order chi connectivity index (χ0) is 12.1. The van der Waals surface area contributed by atoms with Crippen LogP contribution in [0.5, 0.6) is 0 Å². The van der Waals surface area contributed by atoms with Gasteiger partial charge in [-0.1, -0.05) is 42.5 Å². The van der Waals surface area contributed by atoms with E-state index in [4.69, 9.17) is 4.74 Å². The SMILES string of the molecule is COC(=O)C(c1ccccc1)C1C=CCCN1. The quantitative estimate of drug-likeness (QED) is 0.637. The number of carbonyl (C=O) groups is 1. The molecule has 3 nitrogen and oxygen atoms in total. The minimum absolute atomic E-state index is 0.0265. The fraction of sp³-hybridized carbons (Fsp3) is 0.357. The highest BCUT2D eigenvalue weighted by molar-refractivity contribution is 5.79. The van der Waals surface area contributed by atoms with E-state index >= 15 is 0 Å². The van der Waals surface area contributed by atoms with Crippen molar-refractivity contribution in [2.75, 3.05) is 13.7 Å². The predicted octanol–water partition coefficient (Wildman–Crippen LogP) is 1.86. The van der Waals surface area contributed by atoms with Crippen LogP contribution in [0, 0.1) is 0 Å². The summed E-state index contributed by atoms with van der Waals surface area (Å²) in [5.41, 5.74) is 0.989. The van der Waals surface area contributed by atoms with Gasteiger partial charge in [0.2, 0.25) is 0 Å². The highest BCUT2D eigenvalue weighted by atomic mass is 16.5. The lowest BCUT2D eigenvalue weighted by Gasteiger charge is -2.26. The molecule has 2 unspecified atom stereocenters. The standard InChI is InChI=1S/C14H17NO2/c1-17-14(16)13(11-7-3-2-4-8-11)12-9-5-6-10-15-12/h2-5,7-9,12-13,15H,6,10H2,1H3. The Bertz CT molecular complexity index is 400. The lowest BCUT2D eigenvalue weighted by atomic mass is 9.90. The first kappa shape index (κ1) is 11.9. The van der Waals surface area contributed by atoms with Crippen LogP contribution in [-0.4, -0.2) is 25.7 Å². The summed E-state index contributed by atoms with van der Waals surface area (Å²) < 4.78 is 4.91. The van der Waals surface area contributed by atoms with Gasteiger partial charge in [-0.15, -0.1) is 0 Å². The average Bonchev–Trinajstić information content (AvgIpc) is 2.41. The molecule has 0 bridgehead atoms. The number of carbonyl (C=O) groups excluding carboxylic acids is 1. The minimum atomic E-state index is -0.266. The number of benzene rings is 1. The van der Waals surface area contributed by atoms with Crippen LogP contribution < -0.4 is 5.32 Å². The number of hydrogen-bond acceptors (Lipinski definition) is 3. The largest absolute Gasteiger partial charge is 0.468 e. The van der Waals surface area contributed by atoms with Crippen LogP contribution in [0.2, 0.25) is 0 Å². The van der Waals surface area contributed by atoms with Crippen LogP contribution in [0.4, 0.5) is 0 Å². The van der Waals surface area contributed by atoms with E-state index in [1.165, 1.54) is 7.11 Å². The number of ether oxygens (including phenoxy) is 1. The maximum atomic E-state index is 11.9. The fourth-order valence-electron chi connectivity index (χ4n) is 2.15. The molecular weight excluding hydrogens is 214 g/mol. The van der Waals surface area contributed by atoms with Crippen LogP contribution in [0.15, 0.2) is 42.5 Å². The van der Waals surface area contributed by atoms with E-state index in [0.29, 0.717) is 0 Å². The van der Waals surface area contributed by atoms with Crippen molar-refractivity contribution in [1.82, 2.24) is 5.32 Å². The van der Waals surface area contributed by atoms with E-state index in [0.717, 1.165) is 18.5 Å². The lowest BCUT2D eigenvalue weighted by molar-refractivity contribution is -0.142. The number of methoxy groups -OCH3 is 1.